The molecular formula is C82H93Cl8FN8O16S3. The van der Waals surface area contributed by atoms with Gasteiger partial charge in [-0.15, -0.1) is 34.0 Å². The van der Waals surface area contributed by atoms with E-state index in [1.54, 1.807) is 77.8 Å². The molecular weight excluding hydrogens is 1750 g/mol. The number of alkyl halides is 1. The Hall–Kier alpha value is -8.17. The smallest absolute Gasteiger partial charge is 0.340 e. The van der Waals surface area contributed by atoms with E-state index in [4.69, 9.17) is 125 Å². The van der Waals surface area contributed by atoms with Gasteiger partial charge in [0.2, 0.25) is 0 Å². The molecule has 118 heavy (non-hydrogen) atoms. The van der Waals surface area contributed by atoms with Crippen LogP contribution in [0.2, 0.25) is 40.2 Å². The van der Waals surface area contributed by atoms with Crippen LogP contribution in [0.15, 0.2) is 101 Å². The van der Waals surface area contributed by atoms with Gasteiger partial charge in [0.15, 0.2) is 0 Å². The summed E-state index contributed by atoms with van der Waals surface area (Å²) in [6.07, 6.45) is 13.4. The average molecular weight is 1850 g/mol. The molecule has 3 aromatic heterocycles. The Morgan fingerprint density at radius 1 is 0.492 bits per heavy atom. The Bertz CT molecular complexity index is 4640. The topological polar surface area (TPSA) is 361 Å². The zero-order valence-electron chi connectivity index (χ0n) is 65.2. The molecule has 3 aliphatic carbocycles. The summed E-state index contributed by atoms with van der Waals surface area (Å²) in [7, 11) is 5.66. The number of aromatic carboxylic acids is 1. The van der Waals surface area contributed by atoms with E-state index >= 15 is 0 Å². The highest BCUT2D eigenvalue weighted by molar-refractivity contribution is 7.12. The minimum atomic E-state index is -1.10. The van der Waals surface area contributed by atoms with Gasteiger partial charge in [-0.3, -0.25) is 33.2 Å². The van der Waals surface area contributed by atoms with Crippen molar-refractivity contribution in [1.29, 1.82) is 0 Å². The summed E-state index contributed by atoms with van der Waals surface area (Å²) in [6.45, 7) is 1.86. The van der Waals surface area contributed by atoms with Crippen molar-refractivity contribution in [2.75, 3.05) is 75.4 Å². The molecule has 11 N–H and O–H groups in total. The number of carbonyl (C=O) groups is 10. The van der Waals surface area contributed by atoms with Crippen LogP contribution in [0.5, 0.6) is 5.75 Å². The maximum atomic E-state index is 12.9. The second kappa shape index (κ2) is 51.4. The zero-order chi connectivity index (χ0) is 86.7. The van der Waals surface area contributed by atoms with Crippen LogP contribution >= 0.6 is 127 Å². The van der Waals surface area contributed by atoms with Gasteiger partial charge in [-0.1, -0.05) is 131 Å². The van der Waals surface area contributed by atoms with E-state index in [-0.39, 0.29) is 81.6 Å². The van der Waals surface area contributed by atoms with E-state index in [0.29, 0.717) is 59.8 Å². The van der Waals surface area contributed by atoms with Gasteiger partial charge < -0.3 is 72.2 Å². The fourth-order valence-corrected chi connectivity index (χ4v) is 17.3. The number of thiophene rings is 3. The SMILES string of the molecule is C.COC(=O)[C@@H](N)CNC(=O)c1cccs1.COC(=O)[C@H](CNC(=O)c1cccs1)NC(=O)c1c(Cl)cc2c(c1Cl)CCCC2.COC(=O)[C@H](CNC(=O)c1cccs1)NC(=O)c1c(Cl)cc2c(c1Cl)CCNC2.COC(=O)c1c(Cl)cc2c(c1Cl)CCCC2.COc1cccc(CCN)c1.O=C(O)c1c(Cl)cc2c(c1Cl)CCCC2.[2H]CF. The summed E-state index contributed by atoms with van der Waals surface area (Å²) in [4.78, 5) is 121. The maximum absolute atomic E-state index is 12.9. The summed E-state index contributed by atoms with van der Waals surface area (Å²) in [5.41, 5.74) is 20.7. The first kappa shape index (κ1) is 98.7. The Morgan fingerprint density at radius 3 is 1.25 bits per heavy atom. The highest BCUT2D eigenvalue weighted by Crippen LogP contribution is 2.39. The Morgan fingerprint density at radius 2 is 0.864 bits per heavy atom. The number of aryl methyl sites for hydroxylation is 3. The van der Waals surface area contributed by atoms with Crippen LogP contribution in [0.4, 0.5) is 4.39 Å². The molecule has 5 aromatic carbocycles. The number of carboxylic acids is 1. The van der Waals surface area contributed by atoms with E-state index in [2.05, 4.69) is 47.4 Å². The molecule has 0 saturated carbocycles. The molecule has 12 rings (SSSR count). The summed E-state index contributed by atoms with van der Waals surface area (Å²) in [5.74, 6) is -4.66. The number of nitrogens with one attached hydrogen (secondary N) is 6. The van der Waals surface area contributed by atoms with Gasteiger partial charge >= 0.3 is 29.8 Å². The highest BCUT2D eigenvalue weighted by Gasteiger charge is 2.32. The second-order valence-electron chi connectivity index (χ2n) is 25.8. The lowest BCUT2D eigenvalue weighted by Gasteiger charge is -2.22. The first-order chi connectivity index (χ1) is 56.5. The van der Waals surface area contributed by atoms with Gasteiger partial charge in [-0.25, -0.2) is 19.2 Å². The van der Waals surface area contributed by atoms with Crippen molar-refractivity contribution in [1.82, 2.24) is 31.9 Å². The quantitative estimate of drug-likeness (QED) is 0.0238. The molecule has 638 valence electrons. The second-order valence-corrected chi connectivity index (χ2v) is 31.7. The third kappa shape index (κ3) is 28.8. The van der Waals surface area contributed by atoms with Crippen LogP contribution in [0.25, 0.3) is 0 Å². The minimum absolute atomic E-state index is 0. The van der Waals surface area contributed by atoms with Crippen molar-refractivity contribution in [2.45, 2.75) is 122 Å². The van der Waals surface area contributed by atoms with Crippen LogP contribution in [0.3, 0.4) is 0 Å². The van der Waals surface area contributed by atoms with Crippen molar-refractivity contribution >= 4 is 186 Å². The molecule has 1 aliphatic heterocycles. The van der Waals surface area contributed by atoms with Gasteiger partial charge in [0.1, 0.15) is 23.9 Å². The first-order valence-corrected chi connectivity index (χ1v) is 41.9. The summed E-state index contributed by atoms with van der Waals surface area (Å²) in [5, 5.41) is 32.9. The van der Waals surface area contributed by atoms with Gasteiger partial charge in [-0.2, -0.15) is 0 Å². The van der Waals surface area contributed by atoms with Crippen LogP contribution in [0.1, 0.15) is 168 Å². The van der Waals surface area contributed by atoms with Gasteiger partial charge in [0.05, 0.1) is 121 Å². The average Bonchev–Trinajstić information content (AvgIpc) is 1.10. The molecule has 0 bridgehead atoms. The number of esters is 4. The standard InChI is InChI=1S/C20H20Cl2N2O4S.C19H19Cl2N3O4S.C12H12Cl2O2.C11H10Cl2O2.C9H12N2O3S.C9H13NO.CH3F.CH4/c1-28-20(27)14(10-23-18(25)15-7-4-8-29-15)24-19(26)16-13(21)9-11-5-2-3-6-12(11)17(16)22;1-28-19(27)13(9-23-17(25)14-3-2-6-29-14)24-18(26)15-12(20)7-10-8-22-5-4-11(10)16(15)21;1-16-12(15)10-9(13)6-7-4-2-3-5-8(7)11(10)14;12-8-5-6-3-1-2-4-7(6)10(13)9(8)11(14)15;1-14-9(13)6(10)5-11-8(12)7-3-2-4-15-7;1-11-9-4-2-3-8(7-9)5-6-10;1-2;/h4,7-9,14H,2-3,5-6,10H2,1H3,(H,23,25)(H,24,26);2-3,6-7,13,22H,4-5,8-9H2,1H3,(H,23,25)(H,24,26);6H,2-5H2,1H3;5H,1-4H2,(H,14,15);2-4,6H,5,10H2,1H3,(H,11,12);2-4,7H,5-6,10H2,1H3;1H3;1H4/t14-;13-;;;6-;;;/m00..0.../s1/i;;;;;;1D;. The number of rotatable bonds is 21. The number of nitrogens with two attached hydrogens (primary N) is 2. The third-order valence-corrected chi connectivity index (χ3v) is 23.7. The molecule has 4 heterocycles. The van der Waals surface area contributed by atoms with Crippen LogP contribution < -0.4 is 48.1 Å². The van der Waals surface area contributed by atoms with Crippen molar-refractivity contribution in [3.63, 3.8) is 0 Å². The number of benzene rings is 5. The Labute approximate surface area is 737 Å². The molecule has 4 aliphatic rings. The molecule has 3 atom stereocenters. The highest BCUT2D eigenvalue weighted by atomic mass is 35.5. The van der Waals surface area contributed by atoms with E-state index < -0.39 is 66.9 Å². The molecule has 0 unspecified atom stereocenters. The number of carbonyl (C=O) groups excluding carboxylic acids is 9. The molecule has 0 radical (unpaired) electrons. The molecule has 0 fully saturated rings. The van der Waals surface area contributed by atoms with Gasteiger partial charge in [-0.05, 0) is 224 Å². The van der Waals surface area contributed by atoms with Crippen LogP contribution in [-0.2, 0) is 91.2 Å². The summed E-state index contributed by atoms with van der Waals surface area (Å²) >= 11 is 53.7. The monoisotopic (exact) mass is 1840 g/mol. The van der Waals surface area contributed by atoms with Crippen LogP contribution in [0, 0.1) is 0 Å². The number of halogens is 9. The summed E-state index contributed by atoms with van der Waals surface area (Å²) < 4.78 is 39.2. The fraction of sp³-hybridized carbons (Fsp3) is 0.366. The number of carboxylic acid groups (broad SMARTS) is 1. The first-order valence-electron chi connectivity index (χ1n) is 37.0. The van der Waals surface area contributed by atoms with Crippen molar-refractivity contribution in [3.8, 4) is 5.75 Å². The van der Waals surface area contributed by atoms with Crippen molar-refractivity contribution < 1.29 is 82.5 Å². The molecule has 0 saturated heterocycles. The van der Waals surface area contributed by atoms with Gasteiger partial charge in [0.25, 0.3) is 29.5 Å². The molecule has 36 heteroatoms. The molecule has 8 aromatic rings. The molecule has 5 amide bonds. The van der Waals surface area contributed by atoms with E-state index in [0.717, 1.165) is 140 Å². The Kier molecular flexibility index (Phi) is 43.0. The predicted molar refractivity (Wildman–Crippen MR) is 465 cm³/mol. The van der Waals surface area contributed by atoms with Crippen LogP contribution in [-0.4, -0.2) is 158 Å². The third-order valence-electron chi connectivity index (χ3n) is 18.2. The van der Waals surface area contributed by atoms with E-state index in [9.17, 15) is 52.3 Å². The normalized spacial score (nSPS) is 13.2. The number of hydrogen-bond donors (Lipinski definition) is 9. The molecule has 24 nitrogen and oxygen atoms in total. The lowest BCUT2D eigenvalue weighted by Crippen LogP contribution is -2.49. The lowest BCUT2D eigenvalue weighted by atomic mass is 9.90. The van der Waals surface area contributed by atoms with E-state index in [1.807, 2.05) is 24.3 Å². The molecule has 0 spiro atoms. The Balaban J connectivity index is 0.000000261. The fourth-order valence-electron chi connectivity index (χ4n) is 12.4. The van der Waals surface area contributed by atoms with Crippen molar-refractivity contribution in [2.24, 2.45) is 11.5 Å². The predicted octanol–water partition coefficient (Wildman–Crippen LogP) is 15.7. The van der Waals surface area contributed by atoms with Crippen molar-refractivity contribution in [3.05, 3.63) is 228 Å². The number of fused-ring (bicyclic) bond motifs is 4. The van der Waals surface area contributed by atoms with E-state index in [1.165, 1.54) is 68.0 Å². The number of methoxy groups -OCH3 is 5. The zero-order valence-corrected chi connectivity index (χ0v) is 72.7. The van der Waals surface area contributed by atoms with Gasteiger partial charge in [0, 0.05) is 26.2 Å². The lowest BCUT2D eigenvalue weighted by molar-refractivity contribution is -0.143. The summed E-state index contributed by atoms with van der Waals surface area (Å²) in [6, 6.07) is 22.3. The minimum Gasteiger partial charge on any atom is -0.497 e. The number of ether oxygens (including phenoxy) is 5. The largest absolute Gasteiger partial charge is 0.497 e. The number of hydrogen-bond acceptors (Lipinski definition) is 21. The maximum Gasteiger partial charge on any atom is 0.340 e. The number of amides is 5.